The topological polar surface area (TPSA) is 88.6 Å². The van der Waals surface area contributed by atoms with Crippen molar-refractivity contribution < 1.29 is 18.4 Å². The molecule has 0 bridgehead atoms. The molecule has 3 heterocycles. The van der Waals surface area contributed by atoms with Crippen LogP contribution in [0.25, 0.3) is 11.7 Å². The van der Waals surface area contributed by atoms with E-state index in [9.17, 15) is 9.59 Å². The number of urea groups is 1. The Bertz CT molecular complexity index is 1190. The Hall–Kier alpha value is -4.13. The van der Waals surface area contributed by atoms with E-state index < -0.39 is 11.6 Å². The number of aromatic nitrogens is 1. The molecule has 7 heteroatoms. The minimum Gasteiger partial charge on any atom is -0.459 e. The van der Waals surface area contributed by atoms with Gasteiger partial charge in [0, 0.05) is 0 Å². The van der Waals surface area contributed by atoms with Crippen molar-refractivity contribution in [1.82, 2.24) is 15.2 Å². The fraction of sp³-hybridized carbons (Fsp3) is 0.125. The second kappa shape index (κ2) is 7.28. The van der Waals surface area contributed by atoms with Gasteiger partial charge in [-0.05, 0) is 30.2 Å². The summed E-state index contributed by atoms with van der Waals surface area (Å²) in [4.78, 5) is 32.4. The predicted molar refractivity (Wildman–Crippen MR) is 112 cm³/mol. The minimum absolute atomic E-state index is 0.0118. The molecule has 2 aromatic heterocycles. The molecule has 4 aromatic rings. The zero-order chi connectivity index (χ0) is 21.4. The summed E-state index contributed by atoms with van der Waals surface area (Å²) in [5.41, 5.74) is 0.568. The van der Waals surface area contributed by atoms with Crippen LogP contribution in [0.2, 0.25) is 0 Å². The Labute approximate surface area is 178 Å². The highest BCUT2D eigenvalue weighted by molar-refractivity contribution is 6.09. The van der Waals surface area contributed by atoms with Crippen LogP contribution in [0.1, 0.15) is 22.6 Å². The van der Waals surface area contributed by atoms with E-state index >= 15 is 0 Å². The number of hydrogen-bond donors (Lipinski definition) is 1. The van der Waals surface area contributed by atoms with Gasteiger partial charge in [-0.15, -0.1) is 0 Å². The van der Waals surface area contributed by atoms with Crippen LogP contribution in [0.4, 0.5) is 4.79 Å². The van der Waals surface area contributed by atoms with Gasteiger partial charge in [0.25, 0.3) is 11.8 Å². The molecule has 7 nitrogen and oxygen atoms in total. The zero-order valence-electron chi connectivity index (χ0n) is 16.7. The van der Waals surface area contributed by atoms with E-state index in [1.807, 2.05) is 60.7 Å². The Morgan fingerprint density at radius 1 is 0.935 bits per heavy atom. The van der Waals surface area contributed by atoms with Crippen molar-refractivity contribution in [3.8, 4) is 11.7 Å². The molecule has 1 fully saturated rings. The normalized spacial score (nSPS) is 15.3. The van der Waals surface area contributed by atoms with Crippen LogP contribution in [0.3, 0.4) is 0 Å². The first-order valence-corrected chi connectivity index (χ1v) is 9.85. The van der Waals surface area contributed by atoms with Crippen molar-refractivity contribution in [3.63, 3.8) is 0 Å². The minimum atomic E-state index is -1.30. The Morgan fingerprint density at radius 3 is 2.16 bits per heavy atom. The molecule has 0 atom stereocenters. The van der Waals surface area contributed by atoms with Gasteiger partial charge in [0.15, 0.2) is 11.3 Å². The van der Waals surface area contributed by atoms with Crippen molar-refractivity contribution >= 4 is 11.9 Å². The lowest BCUT2D eigenvalue weighted by atomic mass is 9.82. The van der Waals surface area contributed by atoms with E-state index in [0.717, 1.165) is 0 Å². The third-order valence-corrected chi connectivity index (χ3v) is 5.45. The first-order chi connectivity index (χ1) is 15.1. The van der Waals surface area contributed by atoms with Crippen LogP contribution < -0.4 is 5.32 Å². The number of carbonyl (C=O) groups is 2. The average molecular weight is 413 g/mol. The van der Waals surface area contributed by atoms with Gasteiger partial charge in [0.2, 0.25) is 0 Å². The Morgan fingerprint density at radius 2 is 1.58 bits per heavy atom. The lowest BCUT2D eigenvalue weighted by Crippen LogP contribution is -2.45. The lowest BCUT2D eigenvalue weighted by molar-refractivity contribution is -0.130. The SMILES string of the molecule is Cc1oc(-c2ccco2)nc1CN1C(=O)NC(c2ccccc2)(c2ccccc2)C1=O. The Balaban J connectivity index is 1.54. The van der Waals surface area contributed by atoms with E-state index in [1.165, 1.54) is 11.2 Å². The second-order valence-electron chi connectivity index (χ2n) is 7.30. The third-order valence-electron chi connectivity index (χ3n) is 5.45. The van der Waals surface area contributed by atoms with Crippen LogP contribution in [0.5, 0.6) is 0 Å². The molecule has 0 saturated carbocycles. The molecule has 0 spiro atoms. The fourth-order valence-electron chi connectivity index (χ4n) is 3.88. The van der Waals surface area contributed by atoms with Crippen molar-refractivity contribution in [2.45, 2.75) is 19.0 Å². The molecule has 1 saturated heterocycles. The maximum Gasteiger partial charge on any atom is 0.325 e. The molecule has 1 aliphatic heterocycles. The maximum atomic E-state index is 13.8. The quantitative estimate of drug-likeness (QED) is 0.495. The molecule has 1 N–H and O–H groups in total. The summed E-state index contributed by atoms with van der Waals surface area (Å²) in [6, 6.07) is 21.5. The fourth-order valence-corrected chi connectivity index (χ4v) is 3.88. The summed E-state index contributed by atoms with van der Waals surface area (Å²) >= 11 is 0. The van der Waals surface area contributed by atoms with Crippen LogP contribution in [0, 0.1) is 6.92 Å². The van der Waals surface area contributed by atoms with Crippen LogP contribution in [-0.2, 0) is 16.9 Å². The van der Waals surface area contributed by atoms with Gasteiger partial charge in [-0.3, -0.25) is 9.69 Å². The number of nitrogens with zero attached hydrogens (tertiary/aromatic N) is 2. The molecule has 154 valence electrons. The number of aryl methyl sites for hydroxylation is 1. The number of carbonyl (C=O) groups excluding carboxylic acids is 2. The molecule has 5 rings (SSSR count). The highest BCUT2D eigenvalue weighted by Crippen LogP contribution is 2.37. The monoisotopic (exact) mass is 413 g/mol. The number of oxazole rings is 1. The van der Waals surface area contributed by atoms with Gasteiger partial charge in [0.1, 0.15) is 11.5 Å². The number of nitrogens with one attached hydrogen (secondary N) is 1. The highest BCUT2D eigenvalue weighted by atomic mass is 16.4. The first-order valence-electron chi connectivity index (χ1n) is 9.85. The number of imide groups is 1. The summed E-state index contributed by atoms with van der Waals surface area (Å²) in [6.45, 7) is 1.73. The smallest absolute Gasteiger partial charge is 0.325 e. The maximum absolute atomic E-state index is 13.8. The van der Waals surface area contributed by atoms with E-state index in [4.69, 9.17) is 8.83 Å². The molecule has 2 aromatic carbocycles. The van der Waals surface area contributed by atoms with Gasteiger partial charge >= 0.3 is 6.03 Å². The summed E-state index contributed by atoms with van der Waals surface area (Å²) < 4.78 is 11.0. The van der Waals surface area contributed by atoms with Crippen LogP contribution in [0.15, 0.2) is 87.9 Å². The molecular formula is C24H19N3O4. The molecular weight excluding hydrogens is 394 g/mol. The van der Waals surface area contributed by atoms with E-state index in [0.29, 0.717) is 34.2 Å². The van der Waals surface area contributed by atoms with Crippen molar-refractivity contribution in [3.05, 3.63) is 102 Å². The van der Waals surface area contributed by atoms with E-state index in [2.05, 4.69) is 10.3 Å². The molecule has 0 unspecified atom stereocenters. The first kappa shape index (κ1) is 18.9. The predicted octanol–water partition coefficient (Wildman–Crippen LogP) is 4.24. The van der Waals surface area contributed by atoms with Gasteiger partial charge in [0.05, 0.1) is 12.8 Å². The number of rotatable bonds is 5. The average Bonchev–Trinajstić information content (AvgIpc) is 3.51. The molecule has 1 aliphatic rings. The van der Waals surface area contributed by atoms with Gasteiger partial charge in [-0.1, -0.05) is 60.7 Å². The molecule has 31 heavy (non-hydrogen) atoms. The summed E-state index contributed by atoms with van der Waals surface area (Å²) in [5.74, 6) is 0.942. The summed E-state index contributed by atoms with van der Waals surface area (Å²) in [5, 5.41) is 2.93. The van der Waals surface area contributed by atoms with Gasteiger partial charge in [-0.25, -0.2) is 9.78 Å². The van der Waals surface area contributed by atoms with Gasteiger partial charge in [-0.2, -0.15) is 0 Å². The lowest BCUT2D eigenvalue weighted by Gasteiger charge is -2.28. The Kier molecular flexibility index (Phi) is 4.43. The van der Waals surface area contributed by atoms with Crippen LogP contribution >= 0.6 is 0 Å². The molecule has 0 radical (unpaired) electrons. The summed E-state index contributed by atoms with van der Waals surface area (Å²) in [7, 11) is 0. The van der Waals surface area contributed by atoms with Crippen molar-refractivity contribution in [1.29, 1.82) is 0 Å². The summed E-state index contributed by atoms with van der Waals surface area (Å²) in [6.07, 6.45) is 1.53. The zero-order valence-corrected chi connectivity index (χ0v) is 16.7. The highest BCUT2D eigenvalue weighted by Gasteiger charge is 2.53. The number of furan rings is 1. The van der Waals surface area contributed by atoms with Gasteiger partial charge < -0.3 is 14.2 Å². The second-order valence-corrected chi connectivity index (χ2v) is 7.30. The van der Waals surface area contributed by atoms with Crippen LogP contribution in [-0.4, -0.2) is 21.8 Å². The number of amides is 3. The number of benzene rings is 2. The largest absolute Gasteiger partial charge is 0.459 e. The standard InChI is InChI=1S/C24H19N3O4/c1-16-19(25-21(31-16)20-13-8-14-30-20)15-27-22(28)24(26-23(27)29,17-9-4-2-5-10-17)18-11-6-3-7-12-18/h2-14H,15H2,1H3,(H,26,29). The van der Waals surface area contributed by atoms with Crippen molar-refractivity contribution in [2.24, 2.45) is 0 Å². The van der Waals surface area contributed by atoms with E-state index in [-0.39, 0.29) is 12.5 Å². The molecule has 0 aliphatic carbocycles. The molecule has 3 amide bonds. The van der Waals surface area contributed by atoms with Crippen molar-refractivity contribution in [2.75, 3.05) is 0 Å². The third kappa shape index (κ3) is 3.02. The number of hydrogen-bond acceptors (Lipinski definition) is 5. The van der Waals surface area contributed by atoms with E-state index in [1.54, 1.807) is 19.1 Å².